The van der Waals surface area contributed by atoms with Crippen LogP contribution in [0.5, 0.6) is 5.75 Å². The fourth-order valence-electron chi connectivity index (χ4n) is 2.35. The molecule has 0 spiro atoms. The molecule has 0 aromatic heterocycles. The van der Waals surface area contributed by atoms with Crippen molar-refractivity contribution in [2.45, 2.75) is 12.3 Å². The number of carbonyl (C=O) groups excluding carboxylic acids is 1. The predicted octanol–water partition coefficient (Wildman–Crippen LogP) is 4.07. The monoisotopic (exact) mass is 324 g/mol. The van der Waals surface area contributed by atoms with Gasteiger partial charge < -0.3 is 5.11 Å². The lowest BCUT2D eigenvalue weighted by atomic mass is 9.82. The number of Topliss-reactive ketones (excluding diaryl/α,β-unsaturated/α-hetero) is 1. The summed E-state index contributed by atoms with van der Waals surface area (Å²) in [5.74, 6) is -1.75. The van der Waals surface area contributed by atoms with Gasteiger partial charge in [-0.05, 0) is 42.0 Å². The largest absolute Gasteiger partial charge is 0.508 e. The van der Waals surface area contributed by atoms with Crippen molar-refractivity contribution in [3.8, 4) is 17.9 Å². The number of carbonyl (C=O) groups is 1. The van der Waals surface area contributed by atoms with Gasteiger partial charge in [0, 0.05) is 22.9 Å². The highest BCUT2D eigenvalue weighted by atomic mass is 35.5. The van der Waals surface area contributed by atoms with E-state index in [1.54, 1.807) is 36.4 Å². The van der Waals surface area contributed by atoms with Crippen molar-refractivity contribution < 1.29 is 9.90 Å². The Morgan fingerprint density at radius 2 is 1.78 bits per heavy atom. The topological polar surface area (TPSA) is 84.9 Å². The fourth-order valence-corrected chi connectivity index (χ4v) is 2.47. The van der Waals surface area contributed by atoms with Gasteiger partial charge >= 0.3 is 0 Å². The van der Waals surface area contributed by atoms with Crippen LogP contribution in [-0.2, 0) is 0 Å². The maximum Gasteiger partial charge on any atom is 0.163 e. The number of halogens is 1. The van der Waals surface area contributed by atoms with Crippen LogP contribution in [0.3, 0.4) is 0 Å². The summed E-state index contributed by atoms with van der Waals surface area (Å²) in [7, 11) is 0. The van der Waals surface area contributed by atoms with Gasteiger partial charge in [0.1, 0.15) is 11.7 Å². The molecule has 0 heterocycles. The van der Waals surface area contributed by atoms with Crippen LogP contribution < -0.4 is 0 Å². The van der Waals surface area contributed by atoms with Crippen molar-refractivity contribution in [1.29, 1.82) is 10.5 Å². The van der Waals surface area contributed by atoms with E-state index in [0.29, 0.717) is 16.1 Å². The highest BCUT2D eigenvalue weighted by Gasteiger charge is 2.26. The standard InChI is InChI=1S/C18H13ClN2O2/c19-15-6-4-12(5-7-15)18(23)9-17(14(10-20)11-21)13-2-1-3-16(22)8-13/h1-8,14,17,22H,9H2. The number of rotatable bonds is 5. The van der Waals surface area contributed by atoms with Crippen molar-refractivity contribution in [3.63, 3.8) is 0 Å². The van der Waals surface area contributed by atoms with Gasteiger partial charge in [0.05, 0.1) is 12.1 Å². The molecule has 23 heavy (non-hydrogen) atoms. The Bertz CT molecular complexity index is 774. The third kappa shape index (κ3) is 4.10. The Morgan fingerprint density at radius 1 is 1.13 bits per heavy atom. The first-order chi connectivity index (χ1) is 11.0. The minimum atomic E-state index is -0.979. The average molecular weight is 325 g/mol. The maximum absolute atomic E-state index is 12.4. The predicted molar refractivity (Wildman–Crippen MR) is 86.0 cm³/mol. The van der Waals surface area contributed by atoms with Gasteiger partial charge in [-0.15, -0.1) is 0 Å². The van der Waals surface area contributed by atoms with Crippen molar-refractivity contribution in [2.75, 3.05) is 0 Å². The summed E-state index contributed by atoms with van der Waals surface area (Å²) < 4.78 is 0. The molecule has 0 saturated heterocycles. The minimum absolute atomic E-state index is 0.00310. The first-order valence-corrected chi connectivity index (χ1v) is 7.30. The van der Waals surface area contributed by atoms with Crippen LogP contribution in [0.25, 0.3) is 0 Å². The SMILES string of the molecule is N#CC(C#N)C(CC(=O)c1ccc(Cl)cc1)c1cccc(O)c1. The van der Waals surface area contributed by atoms with Crippen molar-refractivity contribution in [3.05, 3.63) is 64.7 Å². The van der Waals surface area contributed by atoms with E-state index in [4.69, 9.17) is 11.6 Å². The van der Waals surface area contributed by atoms with E-state index < -0.39 is 11.8 Å². The molecule has 114 valence electrons. The van der Waals surface area contributed by atoms with E-state index in [9.17, 15) is 20.4 Å². The summed E-state index contributed by atoms with van der Waals surface area (Å²) in [5.41, 5.74) is 1.05. The zero-order chi connectivity index (χ0) is 16.8. The molecule has 5 heteroatoms. The lowest BCUT2D eigenvalue weighted by Crippen LogP contribution is -2.15. The Hall–Kier alpha value is -2.82. The summed E-state index contributed by atoms with van der Waals surface area (Å²) in [5, 5.41) is 28.5. The molecule has 4 nitrogen and oxygen atoms in total. The van der Waals surface area contributed by atoms with Crippen LogP contribution in [0.4, 0.5) is 0 Å². The quantitative estimate of drug-likeness (QED) is 0.840. The summed E-state index contributed by atoms with van der Waals surface area (Å²) in [4.78, 5) is 12.4. The zero-order valence-corrected chi connectivity index (χ0v) is 12.9. The van der Waals surface area contributed by atoms with E-state index in [0.717, 1.165) is 0 Å². The molecule has 0 saturated carbocycles. The number of phenols is 1. The van der Waals surface area contributed by atoms with Crippen molar-refractivity contribution >= 4 is 17.4 Å². The summed E-state index contributed by atoms with van der Waals surface area (Å²) in [6.07, 6.45) is -0.00310. The van der Waals surface area contributed by atoms with Crippen molar-refractivity contribution in [2.24, 2.45) is 5.92 Å². The maximum atomic E-state index is 12.4. The highest BCUT2D eigenvalue weighted by Crippen LogP contribution is 2.31. The summed E-state index contributed by atoms with van der Waals surface area (Å²) in [6.45, 7) is 0. The van der Waals surface area contributed by atoms with E-state index in [-0.39, 0.29) is 18.0 Å². The highest BCUT2D eigenvalue weighted by molar-refractivity contribution is 6.30. The second-order valence-corrected chi connectivity index (χ2v) is 5.51. The molecule has 0 bridgehead atoms. The Balaban J connectivity index is 2.32. The smallest absolute Gasteiger partial charge is 0.163 e. The van der Waals surface area contributed by atoms with Crippen LogP contribution in [0.1, 0.15) is 28.3 Å². The molecule has 2 aromatic rings. The molecule has 2 rings (SSSR count). The van der Waals surface area contributed by atoms with Gasteiger partial charge in [-0.3, -0.25) is 4.79 Å². The lowest BCUT2D eigenvalue weighted by Gasteiger charge is -2.17. The van der Waals surface area contributed by atoms with Crippen LogP contribution in [0.2, 0.25) is 5.02 Å². The number of hydrogen-bond acceptors (Lipinski definition) is 4. The molecule has 0 radical (unpaired) electrons. The van der Waals surface area contributed by atoms with Gasteiger partial charge in [-0.1, -0.05) is 23.7 Å². The molecular weight excluding hydrogens is 312 g/mol. The molecule has 1 unspecified atom stereocenters. The average Bonchev–Trinajstić information content (AvgIpc) is 2.55. The van der Waals surface area contributed by atoms with Crippen LogP contribution >= 0.6 is 11.6 Å². The fraction of sp³-hybridized carbons (Fsp3) is 0.167. The number of aromatic hydroxyl groups is 1. The Labute approximate surface area is 139 Å². The molecule has 1 atom stereocenters. The third-order valence-electron chi connectivity index (χ3n) is 3.55. The first-order valence-electron chi connectivity index (χ1n) is 6.92. The zero-order valence-electron chi connectivity index (χ0n) is 12.1. The van der Waals surface area contributed by atoms with Gasteiger partial charge in [-0.2, -0.15) is 10.5 Å². The molecule has 1 N–H and O–H groups in total. The molecule has 2 aromatic carbocycles. The van der Waals surface area contributed by atoms with Gasteiger partial charge in [0.15, 0.2) is 5.78 Å². The number of hydrogen-bond donors (Lipinski definition) is 1. The normalized spacial score (nSPS) is 11.5. The van der Waals surface area contributed by atoms with Crippen LogP contribution in [-0.4, -0.2) is 10.9 Å². The summed E-state index contributed by atoms with van der Waals surface area (Å²) >= 11 is 5.81. The molecular formula is C18H13ClN2O2. The van der Waals surface area contributed by atoms with E-state index in [1.165, 1.54) is 12.1 Å². The minimum Gasteiger partial charge on any atom is -0.508 e. The number of nitriles is 2. The molecule has 0 amide bonds. The van der Waals surface area contributed by atoms with Crippen molar-refractivity contribution in [1.82, 2.24) is 0 Å². The second-order valence-electron chi connectivity index (χ2n) is 5.07. The van der Waals surface area contributed by atoms with Gasteiger partial charge in [-0.25, -0.2) is 0 Å². The Kier molecular flexibility index (Phi) is 5.36. The Morgan fingerprint density at radius 3 is 2.35 bits per heavy atom. The third-order valence-corrected chi connectivity index (χ3v) is 3.80. The lowest BCUT2D eigenvalue weighted by molar-refractivity contribution is 0.0970. The van der Waals surface area contributed by atoms with Gasteiger partial charge in [0.2, 0.25) is 0 Å². The van der Waals surface area contributed by atoms with E-state index in [2.05, 4.69) is 0 Å². The first kappa shape index (κ1) is 16.5. The molecule has 0 aliphatic rings. The molecule has 0 aliphatic carbocycles. The van der Waals surface area contributed by atoms with Crippen LogP contribution in [0, 0.1) is 28.6 Å². The number of ketones is 1. The van der Waals surface area contributed by atoms with Crippen LogP contribution in [0.15, 0.2) is 48.5 Å². The number of phenolic OH excluding ortho intramolecular Hbond substituents is 1. The second kappa shape index (κ2) is 7.45. The number of benzene rings is 2. The van der Waals surface area contributed by atoms with E-state index >= 15 is 0 Å². The summed E-state index contributed by atoms with van der Waals surface area (Å²) in [6, 6.07) is 16.6. The van der Waals surface area contributed by atoms with E-state index in [1.807, 2.05) is 12.1 Å². The molecule has 0 fully saturated rings. The van der Waals surface area contributed by atoms with Gasteiger partial charge in [0.25, 0.3) is 0 Å². The molecule has 0 aliphatic heterocycles. The number of nitrogens with zero attached hydrogens (tertiary/aromatic N) is 2.